The number of halogens is 2. The molecule has 0 N–H and O–H groups in total. The Balaban J connectivity index is 0.00000552. The Labute approximate surface area is 300 Å². The molecule has 7 heteroatoms. The first-order valence-corrected chi connectivity index (χ1v) is 18.8. The van der Waals surface area contributed by atoms with Crippen LogP contribution < -0.4 is 9.47 Å². The van der Waals surface area contributed by atoms with Gasteiger partial charge in [-0.05, 0) is 88.3 Å². The zero-order valence-electron chi connectivity index (χ0n) is 30.4. The van der Waals surface area contributed by atoms with Crippen molar-refractivity contribution < 1.29 is 13.9 Å². The van der Waals surface area contributed by atoms with Crippen molar-refractivity contribution in [2.75, 3.05) is 52.5 Å². The minimum atomic E-state index is 0. The highest BCUT2D eigenvalue weighted by Gasteiger charge is 2.12. The van der Waals surface area contributed by atoms with Crippen LogP contribution in [0.4, 0.5) is 0 Å². The van der Waals surface area contributed by atoms with E-state index in [1.807, 2.05) is 24.3 Å². The van der Waals surface area contributed by atoms with Gasteiger partial charge in [0, 0.05) is 23.9 Å². The van der Waals surface area contributed by atoms with Crippen molar-refractivity contribution in [3.05, 3.63) is 36.4 Å². The average molecular weight is 696 g/mol. The predicted octanol–water partition coefficient (Wildman–Crippen LogP) is 12.1. The van der Waals surface area contributed by atoms with Gasteiger partial charge in [-0.1, -0.05) is 105 Å². The summed E-state index contributed by atoms with van der Waals surface area (Å²) in [6, 6.07) is 12.5. The third-order valence-corrected chi connectivity index (χ3v) is 9.08. The van der Waals surface area contributed by atoms with Crippen LogP contribution in [0.2, 0.25) is 0 Å². The first-order valence-electron chi connectivity index (χ1n) is 18.8. The average Bonchev–Trinajstić information content (AvgIpc) is 3.42. The normalized spacial score (nSPS) is 11.4. The van der Waals surface area contributed by atoms with Crippen LogP contribution in [-0.4, -0.2) is 62.3 Å². The van der Waals surface area contributed by atoms with E-state index in [0.717, 1.165) is 46.5 Å². The molecule has 3 aromatic rings. The van der Waals surface area contributed by atoms with Gasteiger partial charge < -0.3 is 13.9 Å². The summed E-state index contributed by atoms with van der Waals surface area (Å²) < 4.78 is 18.8. The maximum Gasteiger partial charge on any atom is 0.135 e. The molecule has 1 heterocycles. The Morgan fingerprint density at radius 1 is 0.447 bits per heavy atom. The Hall–Kier alpha value is -1.66. The van der Waals surface area contributed by atoms with Gasteiger partial charge in [-0.3, -0.25) is 9.80 Å². The van der Waals surface area contributed by atoms with E-state index in [1.165, 1.54) is 129 Å². The Morgan fingerprint density at radius 3 is 1.11 bits per heavy atom. The zero-order chi connectivity index (χ0) is 32.0. The summed E-state index contributed by atoms with van der Waals surface area (Å²) in [5.74, 6) is 1.82. The fraction of sp³-hybridized carbons (Fsp3) is 0.700. The molecule has 0 radical (unpaired) electrons. The molecular formula is C40H68Cl2N2O3. The van der Waals surface area contributed by atoms with Crippen LogP contribution in [0, 0.1) is 0 Å². The molecule has 3 rings (SSSR count). The number of benzene rings is 2. The second-order valence-corrected chi connectivity index (χ2v) is 13.0. The second kappa shape index (κ2) is 27.2. The lowest BCUT2D eigenvalue weighted by atomic mass is 10.1. The summed E-state index contributed by atoms with van der Waals surface area (Å²) in [4.78, 5) is 5.22. The number of fused-ring (bicyclic) bond motifs is 3. The summed E-state index contributed by atoms with van der Waals surface area (Å²) in [5, 5.41) is 2.19. The van der Waals surface area contributed by atoms with Crippen molar-refractivity contribution in [2.24, 2.45) is 0 Å². The van der Waals surface area contributed by atoms with Crippen molar-refractivity contribution in [2.45, 2.75) is 130 Å². The highest BCUT2D eigenvalue weighted by molar-refractivity contribution is 6.05. The molecule has 0 saturated heterocycles. The van der Waals surface area contributed by atoms with E-state index in [4.69, 9.17) is 13.9 Å². The number of rotatable bonds is 28. The Bertz CT molecular complexity index is 1060. The molecule has 270 valence electrons. The molecule has 5 nitrogen and oxygen atoms in total. The quantitative estimate of drug-likeness (QED) is 0.0707. The van der Waals surface area contributed by atoms with E-state index in [0.29, 0.717) is 13.2 Å². The molecule has 0 aliphatic carbocycles. The van der Waals surface area contributed by atoms with Gasteiger partial charge in [0.05, 0.1) is 0 Å². The first-order chi connectivity index (χ1) is 22.2. The van der Waals surface area contributed by atoms with Crippen LogP contribution in [-0.2, 0) is 0 Å². The first kappa shape index (κ1) is 43.4. The van der Waals surface area contributed by atoms with Crippen molar-refractivity contribution in [1.29, 1.82) is 0 Å². The Morgan fingerprint density at radius 2 is 0.787 bits per heavy atom. The van der Waals surface area contributed by atoms with Gasteiger partial charge in [-0.25, -0.2) is 0 Å². The highest BCUT2D eigenvalue weighted by atomic mass is 35.5. The van der Waals surface area contributed by atoms with Gasteiger partial charge in [0.1, 0.15) is 35.9 Å². The van der Waals surface area contributed by atoms with Gasteiger partial charge >= 0.3 is 0 Å². The maximum absolute atomic E-state index is 6.31. The summed E-state index contributed by atoms with van der Waals surface area (Å²) in [6.45, 7) is 17.2. The van der Waals surface area contributed by atoms with E-state index in [2.05, 4.69) is 49.6 Å². The molecule has 0 aliphatic heterocycles. The van der Waals surface area contributed by atoms with Crippen LogP contribution in [0.3, 0.4) is 0 Å². The lowest BCUT2D eigenvalue weighted by molar-refractivity contribution is 0.202. The fourth-order valence-corrected chi connectivity index (χ4v) is 6.22. The molecule has 0 atom stereocenters. The van der Waals surface area contributed by atoms with Gasteiger partial charge in [-0.15, -0.1) is 24.8 Å². The van der Waals surface area contributed by atoms with Crippen molar-refractivity contribution in [3.8, 4) is 11.5 Å². The number of hydrogen-bond acceptors (Lipinski definition) is 5. The molecule has 2 aromatic carbocycles. The fourth-order valence-electron chi connectivity index (χ4n) is 6.22. The minimum Gasteiger partial charge on any atom is -0.492 e. The van der Waals surface area contributed by atoms with E-state index in [-0.39, 0.29) is 24.8 Å². The van der Waals surface area contributed by atoms with E-state index < -0.39 is 0 Å². The number of furan rings is 1. The van der Waals surface area contributed by atoms with Crippen molar-refractivity contribution >= 4 is 46.8 Å². The summed E-state index contributed by atoms with van der Waals surface area (Å²) in [5.41, 5.74) is 1.79. The van der Waals surface area contributed by atoms with E-state index >= 15 is 0 Å². The summed E-state index contributed by atoms with van der Waals surface area (Å²) >= 11 is 0. The SMILES string of the molecule is CCCCCCN(CCCCCC)CCOc1ccc2oc3ccc(OCCN(CCCCCC)CCCCCC)cc3c2c1.Cl.Cl. The predicted molar refractivity (Wildman–Crippen MR) is 209 cm³/mol. The molecule has 0 spiro atoms. The molecule has 0 fully saturated rings. The third-order valence-electron chi connectivity index (χ3n) is 9.08. The van der Waals surface area contributed by atoms with Crippen molar-refractivity contribution in [1.82, 2.24) is 9.80 Å². The molecular weight excluding hydrogens is 627 g/mol. The lowest BCUT2D eigenvalue weighted by Crippen LogP contribution is -2.30. The molecule has 0 bridgehead atoms. The van der Waals surface area contributed by atoms with E-state index in [1.54, 1.807) is 0 Å². The van der Waals surface area contributed by atoms with Crippen LogP contribution in [0.15, 0.2) is 40.8 Å². The molecule has 0 amide bonds. The highest BCUT2D eigenvalue weighted by Crippen LogP contribution is 2.33. The van der Waals surface area contributed by atoms with Crippen molar-refractivity contribution in [3.63, 3.8) is 0 Å². The summed E-state index contributed by atoms with van der Waals surface area (Å²) in [6.07, 6.45) is 21.0. The molecule has 0 unspecified atom stereocenters. The molecule has 1 aromatic heterocycles. The minimum absolute atomic E-state index is 0. The second-order valence-electron chi connectivity index (χ2n) is 13.0. The topological polar surface area (TPSA) is 38.1 Å². The lowest BCUT2D eigenvalue weighted by Gasteiger charge is -2.22. The number of hydrogen-bond donors (Lipinski definition) is 0. The van der Waals surface area contributed by atoms with Crippen LogP contribution in [0.1, 0.15) is 130 Å². The standard InChI is InChI=1S/C40H66N2O3.2ClH/c1-5-9-13-17-25-41(26-18-14-10-6-2)29-31-43-35-21-23-39-37(33-35)38-34-36(22-24-40(38)45-39)44-32-30-42(27-19-15-11-7-3)28-20-16-12-8-4;;/h21-24,33-34H,5-20,25-32H2,1-4H3;2*1H. The number of nitrogens with zero attached hydrogens (tertiary/aromatic N) is 2. The van der Waals surface area contributed by atoms with E-state index in [9.17, 15) is 0 Å². The zero-order valence-corrected chi connectivity index (χ0v) is 32.0. The smallest absolute Gasteiger partial charge is 0.135 e. The van der Waals surface area contributed by atoms with Gasteiger partial charge in [0.15, 0.2) is 0 Å². The molecule has 47 heavy (non-hydrogen) atoms. The number of unbranched alkanes of at least 4 members (excludes halogenated alkanes) is 12. The maximum atomic E-state index is 6.31. The largest absolute Gasteiger partial charge is 0.492 e. The van der Waals surface area contributed by atoms with Gasteiger partial charge in [0.2, 0.25) is 0 Å². The summed E-state index contributed by atoms with van der Waals surface area (Å²) in [7, 11) is 0. The van der Waals surface area contributed by atoms with Crippen LogP contribution >= 0.6 is 24.8 Å². The van der Waals surface area contributed by atoms with Gasteiger partial charge in [0.25, 0.3) is 0 Å². The van der Waals surface area contributed by atoms with Crippen LogP contribution in [0.5, 0.6) is 11.5 Å². The van der Waals surface area contributed by atoms with Crippen LogP contribution in [0.25, 0.3) is 21.9 Å². The van der Waals surface area contributed by atoms with Gasteiger partial charge in [-0.2, -0.15) is 0 Å². The third kappa shape index (κ3) is 17.0. The molecule has 0 saturated carbocycles. The molecule has 0 aliphatic rings. The number of ether oxygens (including phenoxy) is 2. The monoisotopic (exact) mass is 694 g/mol. The Kier molecular flexibility index (Phi) is 25.1.